The van der Waals surface area contributed by atoms with Gasteiger partial charge in [-0.1, -0.05) is 0 Å². The normalized spacial score (nSPS) is 21.0. The lowest BCUT2D eigenvalue weighted by molar-refractivity contribution is -0.274. The summed E-state index contributed by atoms with van der Waals surface area (Å²) >= 11 is 0. The first kappa shape index (κ1) is 19.4. The van der Waals surface area contributed by atoms with Gasteiger partial charge in [0, 0.05) is 12.7 Å². The van der Waals surface area contributed by atoms with Gasteiger partial charge in [0.25, 0.3) is 0 Å². The molecule has 1 saturated carbocycles. The Labute approximate surface area is 143 Å². The highest BCUT2D eigenvalue weighted by Crippen LogP contribution is 2.41. The van der Waals surface area contributed by atoms with Gasteiger partial charge in [0.15, 0.2) is 0 Å². The number of methoxy groups -OCH3 is 1. The predicted molar refractivity (Wildman–Crippen MR) is 82.8 cm³/mol. The van der Waals surface area contributed by atoms with Crippen molar-refractivity contribution >= 4 is 5.97 Å². The van der Waals surface area contributed by atoms with E-state index < -0.39 is 18.2 Å². The standard InChI is InChI=1S/C17H21F3O5/c1-23-8-9-24-15-7-6-13(25-17(18,19)20)10-14(15)11-2-4-12(5-3-11)16(21)22/h6-7,10-12H,2-5,8-9H2,1H3,(H,21,22). The number of hydrogen-bond donors (Lipinski definition) is 1. The largest absolute Gasteiger partial charge is 0.573 e. The lowest BCUT2D eigenvalue weighted by atomic mass is 9.78. The van der Waals surface area contributed by atoms with Crippen LogP contribution in [-0.4, -0.2) is 37.8 Å². The van der Waals surface area contributed by atoms with E-state index in [2.05, 4.69) is 4.74 Å². The van der Waals surface area contributed by atoms with Crippen molar-refractivity contribution in [2.24, 2.45) is 5.92 Å². The fourth-order valence-corrected chi connectivity index (χ4v) is 3.06. The van der Waals surface area contributed by atoms with Crippen LogP contribution < -0.4 is 9.47 Å². The molecule has 0 radical (unpaired) electrons. The van der Waals surface area contributed by atoms with Crippen LogP contribution in [0.3, 0.4) is 0 Å². The summed E-state index contributed by atoms with van der Waals surface area (Å²) in [4.78, 5) is 11.1. The molecule has 1 N–H and O–H groups in total. The number of alkyl halides is 3. The van der Waals surface area contributed by atoms with Crippen LogP contribution in [0.1, 0.15) is 37.2 Å². The third-order valence-electron chi connectivity index (χ3n) is 4.28. The maximum Gasteiger partial charge on any atom is 0.573 e. The first-order chi connectivity index (χ1) is 11.8. The Hall–Kier alpha value is -1.96. The second kappa shape index (κ2) is 8.42. The van der Waals surface area contributed by atoms with Gasteiger partial charge < -0.3 is 19.3 Å². The van der Waals surface area contributed by atoms with Crippen molar-refractivity contribution in [3.63, 3.8) is 0 Å². The van der Waals surface area contributed by atoms with Crippen LogP contribution in [0.2, 0.25) is 0 Å². The van der Waals surface area contributed by atoms with Gasteiger partial charge in [-0.05, 0) is 49.8 Å². The molecule has 140 valence electrons. The number of halogens is 3. The highest BCUT2D eigenvalue weighted by molar-refractivity contribution is 5.70. The molecular weight excluding hydrogens is 341 g/mol. The van der Waals surface area contributed by atoms with Gasteiger partial charge >= 0.3 is 12.3 Å². The zero-order valence-electron chi connectivity index (χ0n) is 13.8. The Kier molecular flexibility index (Phi) is 6.52. The second-order valence-electron chi connectivity index (χ2n) is 5.98. The van der Waals surface area contributed by atoms with Gasteiger partial charge in [-0.3, -0.25) is 4.79 Å². The topological polar surface area (TPSA) is 65.0 Å². The Bertz CT molecular complexity index is 580. The van der Waals surface area contributed by atoms with Crippen LogP contribution in [0, 0.1) is 5.92 Å². The lowest BCUT2D eigenvalue weighted by Gasteiger charge is -2.28. The molecule has 8 heteroatoms. The molecule has 0 aromatic heterocycles. The molecule has 0 unspecified atom stereocenters. The maximum atomic E-state index is 12.5. The van der Waals surface area contributed by atoms with E-state index in [1.165, 1.54) is 25.3 Å². The van der Waals surface area contributed by atoms with Crippen molar-refractivity contribution in [3.8, 4) is 11.5 Å². The number of rotatable bonds is 7. The van der Waals surface area contributed by atoms with Crippen molar-refractivity contribution in [2.75, 3.05) is 20.3 Å². The number of carboxylic acid groups (broad SMARTS) is 1. The first-order valence-electron chi connectivity index (χ1n) is 8.04. The van der Waals surface area contributed by atoms with Gasteiger partial charge in [-0.25, -0.2) is 0 Å². The summed E-state index contributed by atoms with van der Waals surface area (Å²) in [5.74, 6) is -1.12. The summed E-state index contributed by atoms with van der Waals surface area (Å²) in [5.41, 5.74) is 0.613. The van der Waals surface area contributed by atoms with Gasteiger partial charge in [-0.2, -0.15) is 0 Å². The molecule has 1 aliphatic rings. The van der Waals surface area contributed by atoms with E-state index >= 15 is 0 Å². The van der Waals surface area contributed by atoms with Crippen molar-refractivity contribution in [2.45, 2.75) is 38.0 Å². The highest BCUT2D eigenvalue weighted by atomic mass is 19.4. The number of carbonyl (C=O) groups is 1. The number of hydrogen-bond acceptors (Lipinski definition) is 4. The number of aliphatic carboxylic acids is 1. The smallest absolute Gasteiger partial charge is 0.491 e. The summed E-state index contributed by atoms with van der Waals surface area (Å²) in [6.45, 7) is 0.624. The summed E-state index contributed by atoms with van der Waals surface area (Å²) in [5, 5.41) is 9.08. The first-order valence-corrected chi connectivity index (χ1v) is 8.04. The molecule has 2 rings (SSSR count). The Morgan fingerprint density at radius 3 is 2.44 bits per heavy atom. The van der Waals surface area contributed by atoms with Crippen molar-refractivity contribution in [1.82, 2.24) is 0 Å². The van der Waals surface area contributed by atoms with Crippen LogP contribution in [0.15, 0.2) is 18.2 Å². The van der Waals surface area contributed by atoms with E-state index in [0.29, 0.717) is 43.6 Å². The molecule has 0 bridgehead atoms. The van der Waals surface area contributed by atoms with E-state index in [4.69, 9.17) is 14.6 Å². The number of ether oxygens (including phenoxy) is 3. The minimum atomic E-state index is -4.77. The third-order valence-corrected chi connectivity index (χ3v) is 4.28. The van der Waals surface area contributed by atoms with E-state index in [-0.39, 0.29) is 18.3 Å². The number of benzene rings is 1. The fourth-order valence-electron chi connectivity index (χ4n) is 3.06. The molecule has 0 amide bonds. The van der Waals surface area contributed by atoms with Crippen LogP contribution in [0.4, 0.5) is 13.2 Å². The number of carboxylic acids is 1. The van der Waals surface area contributed by atoms with Crippen LogP contribution >= 0.6 is 0 Å². The van der Waals surface area contributed by atoms with Crippen molar-refractivity contribution in [3.05, 3.63) is 23.8 Å². The second-order valence-corrected chi connectivity index (χ2v) is 5.98. The molecule has 0 saturated heterocycles. The van der Waals surface area contributed by atoms with Gasteiger partial charge in [0.05, 0.1) is 12.5 Å². The quantitative estimate of drug-likeness (QED) is 0.744. The van der Waals surface area contributed by atoms with Gasteiger partial charge in [0.2, 0.25) is 0 Å². The molecule has 0 heterocycles. The molecule has 0 aliphatic heterocycles. The van der Waals surface area contributed by atoms with Crippen molar-refractivity contribution < 1.29 is 37.3 Å². The zero-order valence-corrected chi connectivity index (χ0v) is 13.8. The average molecular weight is 362 g/mol. The van der Waals surface area contributed by atoms with Gasteiger partial charge in [0.1, 0.15) is 18.1 Å². The fraction of sp³-hybridized carbons (Fsp3) is 0.588. The predicted octanol–water partition coefficient (Wildman–Crippen LogP) is 3.97. The molecule has 1 aliphatic carbocycles. The molecule has 1 aromatic rings. The van der Waals surface area contributed by atoms with Crippen LogP contribution in [-0.2, 0) is 9.53 Å². The SMILES string of the molecule is COCCOc1ccc(OC(F)(F)F)cc1C1CCC(C(=O)O)CC1. The van der Waals surface area contributed by atoms with E-state index in [9.17, 15) is 18.0 Å². The molecule has 1 aromatic carbocycles. The maximum absolute atomic E-state index is 12.5. The Morgan fingerprint density at radius 1 is 1.20 bits per heavy atom. The molecule has 0 spiro atoms. The van der Waals surface area contributed by atoms with Crippen molar-refractivity contribution in [1.29, 1.82) is 0 Å². The molecule has 5 nitrogen and oxygen atoms in total. The Balaban J connectivity index is 2.18. The van der Waals surface area contributed by atoms with Crippen LogP contribution in [0.25, 0.3) is 0 Å². The summed E-state index contributed by atoms with van der Waals surface area (Å²) < 4.78 is 51.9. The third kappa shape index (κ3) is 5.81. The zero-order chi connectivity index (χ0) is 18.4. The Morgan fingerprint density at radius 2 is 1.88 bits per heavy atom. The minimum absolute atomic E-state index is 0.0649. The van der Waals surface area contributed by atoms with E-state index in [1.807, 2.05) is 0 Å². The summed E-state index contributed by atoms with van der Waals surface area (Å²) in [6, 6.07) is 4.00. The van der Waals surface area contributed by atoms with Gasteiger partial charge in [-0.15, -0.1) is 13.2 Å². The van der Waals surface area contributed by atoms with Crippen LogP contribution in [0.5, 0.6) is 11.5 Å². The molecule has 1 fully saturated rings. The highest BCUT2D eigenvalue weighted by Gasteiger charge is 2.33. The summed E-state index contributed by atoms with van der Waals surface area (Å²) in [7, 11) is 1.53. The molecule has 0 atom stereocenters. The van der Waals surface area contributed by atoms with E-state index in [0.717, 1.165) is 0 Å². The monoisotopic (exact) mass is 362 g/mol. The minimum Gasteiger partial charge on any atom is -0.491 e. The summed E-state index contributed by atoms with van der Waals surface area (Å²) in [6.07, 6.45) is -2.64. The molecule has 25 heavy (non-hydrogen) atoms. The lowest BCUT2D eigenvalue weighted by Crippen LogP contribution is -2.21. The van der Waals surface area contributed by atoms with E-state index in [1.54, 1.807) is 0 Å². The average Bonchev–Trinajstić information content (AvgIpc) is 2.55. The molecular formula is C17H21F3O5.